The average molecular weight is 306 g/mol. The number of nitrogens with one attached hydrogen (secondary N) is 1. The van der Waals surface area contributed by atoms with Crippen LogP contribution in [0.25, 0.3) is 10.8 Å². The van der Waals surface area contributed by atoms with Crippen LogP contribution in [0.3, 0.4) is 0 Å². The summed E-state index contributed by atoms with van der Waals surface area (Å²) in [6.45, 7) is 0. The van der Waals surface area contributed by atoms with E-state index in [0.717, 1.165) is 16.3 Å². The largest absolute Gasteiger partial charge is 0.326 e. The molecule has 0 atom stereocenters. The predicted molar refractivity (Wildman–Crippen MR) is 89.4 cm³/mol. The predicted octanol–water partition coefficient (Wildman–Crippen LogP) is 3.93. The summed E-state index contributed by atoms with van der Waals surface area (Å²) in [6.07, 6.45) is 0.216. The van der Waals surface area contributed by atoms with Crippen LogP contribution >= 0.6 is 0 Å². The second kappa shape index (κ2) is 6.27. The molecule has 0 heterocycles. The molecule has 114 valence electrons. The zero-order chi connectivity index (χ0) is 16.2. The number of nitro benzene ring substituents is 1. The zero-order valence-electron chi connectivity index (χ0n) is 12.2. The second-order valence-corrected chi connectivity index (χ2v) is 5.21. The molecule has 5 heteroatoms. The number of amides is 1. The third-order valence-corrected chi connectivity index (χ3v) is 3.52. The van der Waals surface area contributed by atoms with E-state index in [2.05, 4.69) is 5.32 Å². The van der Waals surface area contributed by atoms with Crippen molar-refractivity contribution in [2.24, 2.45) is 0 Å². The number of benzene rings is 3. The molecule has 0 spiro atoms. The van der Waals surface area contributed by atoms with E-state index in [1.54, 1.807) is 12.1 Å². The summed E-state index contributed by atoms with van der Waals surface area (Å²) >= 11 is 0. The maximum atomic E-state index is 12.1. The number of non-ortho nitro benzene ring substituents is 1. The Bertz CT molecular complexity index is 890. The molecule has 5 nitrogen and oxygen atoms in total. The average Bonchev–Trinajstić information content (AvgIpc) is 2.55. The zero-order valence-corrected chi connectivity index (χ0v) is 12.2. The minimum absolute atomic E-state index is 0.0477. The highest BCUT2D eigenvalue weighted by molar-refractivity contribution is 5.93. The van der Waals surface area contributed by atoms with Crippen molar-refractivity contribution in [3.63, 3.8) is 0 Å². The molecule has 23 heavy (non-hydrogen) atoms. The van der Waals surface area contributed by atoms with Gasteiger partial charge < -0.3 is 5.32 Å². The molecule has 0 radical (unpaired) electrons. The molecule has 1 N–H and O–H groups in total. The second-order valence-electron chi connectivity index (χ2n) is 5.21. The van der Waals surface area contributed by atoms with Gasteiger partial charge in [-0.05, 0) is 22.4 Å². The van der Waals surface area contributed by atoms with E-state index in [-0.39, 0.29) is 18.0 Å². The van der Waals surface area contributed by atoms with Crippen molar-refractivity contribution in [3.05, 3.63) is 82.4 Å². The van der Waals surface area contributed by atoms with Crippen LogP contribution in [0.15, 0.2) is 66.7 Å². The number of fused-ring (bicyclic) bond motifs is 1. The van der Waals surface area contributed by atoms with Crippen LogP contribution in [0, 0.1) is 10.1 Å². The summed E-state index contributed by atoms with van der Waals surface area (Å²) in [7, 11) is 0. The number of hydrogen-bond donors (Lipinski definition) is 1. The monoisotopic (exact) mass is 306 g/mol. The van der Waals surface area contributed by atoms with Crippen molar-refractivity contribution in [3.8, 4) is 0 Å². The molecular formula is C18H14N2O3. The molecule has 0 aliphatic heterocycles. The van der Waals surface area contributed by atoms with Crippen LogP contribution in [0.2, 0.25) is 0 Å². The third kappa shape index (κ3) is 3.52. The molecule has 0 bridgehead atoms. The summed E-state index contributed by atoms with van der Waals surface area (Å²) in [5.74, 6) is -0.208. The first-order chi connectivity index (χ1) is 11.1. The topological polar surface area (TPSA) is 72.2 Å². The first-order valence-corrected chi connectivity index (χ1v) is 7.14. The van der Waals surface area contributed by atoms with Crippen LogP contribution in [0.5, 0.6) is 0 Å². The van der Waals surface area contributed by atoms with Gasteiger partial charge in [0.05, 0.1) is 11.3 Å². The molecule has 0 aliphatic rings. The molecule has 0 saturated heterocycles. The molecule has 3 aromatic rings. The Labute approximate surface area is 132 Å². The quantitative estimate of drug-likeness (QED) is 0.586. The molecule has 0 aromatic heterocycles. The number of nitro groups is 1. The van der Waals surface area contributed by atoms with Gasteiger partial charge in [0, 0.05) is 17.8 Å². The molecular weight excluding hydrogens is 292 g/mol. The molecule has 3 rings (SSSR count). The van der Waals surface area contributed by atoms with Gasteiger partial charge >= 0.3 is 0 Å². The lowest BCUT2D eigenvalue weighted by atomic mass is 10.0. The van der Waals surface area contributed by atoms with E-state index in [1.807, 2.05) is 42.5 Å². The Morgan fingerprint density at radius 3 is 2.52 bits per heavy atom. The van der Waals surface area contributed by atoms with Gasteiger partial charge in [-0.3, -0.25) is 14.9 Å². The van der Waals surface area contributed by atoms with Crippen LogP contribution in [0.1, 0.15) is 5.56 Å². The SMILES string of the molecule is O=C(Cc1ccc2ccccc2c1)Nc1cccc([N+](=O)[O-])c1. The van der Waals surface area contributed by atoms with Gasteiger partial charge in [-0.15, -0.1) is 0 Å². The minimum Gasteiger partial charge on any atom is -0.326 e. The van der Waals surface area contributed by atoms with Crippen LogP contribution < -0.4 is 5.32 Å². The first kappa shape index (κ1) is 14.7. The van der Waals surface area contributed by atoms with E-state index < -0.39 is 4.92 Å². The van der Waals surface area contributed by atoms with E-state index >= 15 is 0 Å². The molecule has 1 amide bonds. The maximum Gasteiger partial charge on any atom is 0.271 e. The molecule has 3 aromatic carbocycles. The van der Waals surface area contributed by atoms with Gasteiger partial charge in [-0.1, -0.05) is 48.5 Å². The van der Waals surface area contributed by atoms with Crippen molar-refractivity contribution < 1.29 is 9.72 Å². The Morgan fingerprint density at radius 2 is 1.74 bits per heavy atom. The lowest BCUT2D eigenvalue weighted by Crippen LogP contribution is -2.14. The van der Waals surface area contributed by atoms with Crippen LogP contribution in [-0.2, 0) is 11.2 Å². The fraction of sp³-hybridized carbons (Fsp3) is 0.0556. The molecule has 0 saturated carbocycles. The van der Waals surface area contributed by atoms with Crippen molar-refractivity contribution >= 4 is 28.1 Å². The summed E-state index contributed by atoms with van der Waals surface area (Å²) in [5, 5.41) is 15.6. The van der Waals surface area contributed by atoms with Crippen LogP contribution in [0.4, 0.5) is 11.4 Å². The number of nitrogens with zero attached hydrogens (tertiary/aromatic N) is 1. The number of carbonyl (C=O) groups excluding carboxylic acids is 1. The highest BCUT2D eigenvalue weighted by atomic mass is 16.6. The van der Waals surface area contributed by atoms with Crippen molar-refractivity contribution in [2.75, 3.05) is 5.32 Å². The normalized spacial score (nSPS) is 10.4. The van der Waals surface area contributed by atoms with Gasteiger partial charge in [0.15, 0.2) is 0 Å². The number of rotatable bonds is 4. The maximum absolute atomic E-state index is 12.1. The van der Waals surface area contributed by atoms with E-state index in [9.17, 15) is 14.9 Å². The summed E-state index contributed by atoms with van der Waals surface area (Å²) in [4.78, 5) is 22.4. The number of carbonyl (C=O) groups is 1. The molecule has 0 unspecified atom stereocenters. The van der Waals surface area contributed by atoms with Gasteiger partial charge in [0.2, 0.25) is 5.91 Å². The summed E-state index contributed by atoms with van der Waals surface area (Å²) in [5.41, 5.74) is 1.27. The van der Waals surface area contributed by atoms with Crippen LogP contribution in [-0.4, -0.2) is 10.8 Å². The fourth-order valence-corrected chi connectivity index (χ4v) is 2.44. The first-order valence-electron chi connectivity index (χ1n) is 7.14. The molecule has 0 aliphatic carbocycles. The highest BCUT2D eigenvalue weighted by Crippen LogP contribution is 2.19. The number of anilines is 1. The van der Waals surface area contributed by atoms with E-state index in [0.29, 0.717) is 5.69 Å². The number of hydrogen-bond acceptors (Lipinski definition) is 3. The van der Waals surface area contributed by atoms with Gasteiger partial charge in [-0.2, -0.15) is 0 Å². The van der Waals surface area contributed by atoms with Crippen molar-refractivity contribution in [1.82, 2.24) is 0 Å². The standard InChI is InChI=1S/C18H14N2O3/c21-18(19-16-6-3-7-17(12-16)20(22)23)11-13-8-9-14-4-1-2-5-15(14)10-13/h1-10,12H,11H2,(H,19,21). The Morgan fingerprint density at radius 1 is 0.957 bits per heavy atom. The van der Waals surface area contributed by atoms with E-state index in [1.165, 1.54) is 12.1 Å². The third-order valence-electron chi connectivity index (χ3n) is 3.52. The minimum atomic E-state index is -0.487. The lowest BCUT2D eigenvalue weighted by Gasteiger charge is -2.06. The van der Waals surface area contributed by atoms with Gasteiger partial charge in [0.25, 0.3) is 5.69 Å². The summed E-state index contributed by atoms with van der Waals surface area (Å²) < 4.78 is 0. The smallest absolute Gasteiger partial charge is 0.271 e. The Kier molecular flexibility index (Phi) is 4.01. The van der Waals surface area contributed by atoms with E-state index in [4.69, 9.17) is 0 Å². The van der Waals surface area contributed by atoms with Gasteiger partial charge in [-0.25, -0.2) is 0 Å². The molecule has 0 fully saturated rings. The van der Waals surface area contributed by atoms with Crippen molar-refractivity contribution in [2.45, 2.75) is 6.42 Å². The highest BCUT2D eigenvalue weighted by Gasteiger charge is 2.09. The Balaban J connectivity index is 1.73. The Hall–Kier alpha value is -3.21. The van der Waals surface area contributed by atoms with Crippen molar-refractivity contribution in [1.29, 1.82) is 0 Å². The lowest BCUT2D eigenvalue weighted by molar-refractivity contribution is -0.384. The fourth-order valence-electron chi connectivity index (χ4n) is 2.44. The van der Waals surface area contributed by atoms with Gasteiger partial charge in [0.1, 0.15) is 0 Å². The summed E-state index contributed by atoms with van der Waals surface area (Å²) in [6, 6.07) is 19.7.